The molecule has 0 radical (unpaired) electrons. The van der Waals surface area contributed by atoms with Crippen molar-refractivity contribution >= 4 is 16.9 Å². The van der Waals surface area contributed by atoms with Crippen LogP contribution in [0, 0.1) is 5.92 Å². The van der Waals surface area contributed by atoms with Gasteiger partial charge in [0.15, 0.2) is 5.17 Å². The highest BCUT2D eigenvalue weighted by atomic mass is 32.2. The van der Waals surface area contributed by atoms with E-state index in [2.05, 4.69) is 36.3 Å². The van der Waals surface area contributed by atoms with E-state index in [0.717, 1.165) is 29.9 Å². The lowest BCUT2D eigenvalue weighted by Crippen LogP contribution is -2.21. The minimum atomic E-state index is 0.651. The van der Waals surface area contributed by atoms with E-state index < -0.39 is 0 Å². The molecule has 1 aromatic carbocycles. The lowest BCUT2D eigenvalue weighted by Gasteiger charge is -2.18. The van der Waals surface area contributed by atoms with Crippen molar-refractivity contribution in [3.05, 3.63) is 29.8 Å². The second-order valence-corrected chi connectivity index (χ2v) is 6.31. The molecule has 2 rings (SSSR count). The molecule has 0 saturated heterocycles. The molecule has 0 aliphatic carbocycles. The SMILES string of the molecule is CCC(CC)C1CN=C(NCc2cccc(OC)c2)S1. The van der Waals surface area contributed by atoms with Crippen molar-refractivity contribution in [3.63, 3.8) is 0 Å². The number of hydrogen-bond acceptors (Lipinski definition) is 4. The van der Waals surface area contributed by atoms with Gasteiger partial charge in [-0.3, -0.25) is 4.99 Å². The highest BCUT2D eigenvalue weighted by Crippen LogP contribution is 2.30. The Hall–Kier alpha value is -1.16. The molecular formula is C16H24N2OS. The summed E-state index contributed by atoms with van der Waals surface area (Å²) in [5.41, 5.74) is 1.22. The van der Waals surface area contributed by atoms with Crippen LogP contribution in [0.3, 0.4) is 0 Å². The lowest BCUT2D eigenvalue weighted by atomic mass is 9.99. The number of ether oxygens (including phenoxy) is 1. The molecule has 0 saturated carbocycles. The first kappa shape index (κ1) is 15.2. The molecule has 0 spiro atoms. The number of nitrogens with zero attached hydrogens (tertiary/aromatic N) is 1. The fraction of sp³-hybridized carbons (Fsp3) is 0.562. The average molecular weight is 292 g/mol. The monoisotopic (exact) mass is 292 g/mol. The molecule has 1 atom stereocenters. The van der Waals surface area contributed by atoms with Gasteiger partial charge in [0.1, 0.15) is 5.75 Å². The number of benzene rings is 1. The molecule has 20 heavy (non-hydrogen) atoms. The van der Waals surface area contributed by atoms with Crippen molar-refractivity contribution in [2.75, 3.05) is 13.7 Å². The molecule has 1 N–H and O–H groups in total. The minimum absolute atomic E-state index is 0.651. The van der Waals surface area contributed by atoms with Crippen LogP contribution in [0.2, 0.25) is 0 Å². The second kappa shape index (κ2) is 7.58. The van der Waals surface area contributed by atoms with Gasteiger partial charge in [-0.2, -0.15) is 0 Å². The Bertz CT molecular complexity index is 458. The molecule has 1 aromatic rings. The van der Waals surface area contributed by atoms with Crippen LogP contribution in [0.15, 0.2) is 29.3 Å². The molecule has 4 heteroatoms. The molecule has 3 nitrogen and oxygen atoms in total. The number of amidine groups is 1. The molecular weight excluding hydrogens is 268 g/mol. The summed E-state index contributed by atoms with van der Waals surface area (Å²) >= 11 is 1.90. The van der Waals surface area contributed by atoms with Crippen molar-refractivity contribution in [2.24, 2.45) is 10.9 Å². The normalized spacial score (nSPS) is 18.2. The summed E-state index contributed by atoms with van der Waals surface area (Å²) in [6, 6.07) is 8.15. The van der Waals surface area contributed by atoms with Crippen LogP contribution >= 0.6 is 11.8 Å². The number of hydrogen-bond donors (Lipinski definition) is 1. The van der Waals surface area contributed by atoms with Crippen molar-refractivity contribution in [3.8, 4) is 5.75 Å². The molecule has 0 bridgehead atoms. The van der Waals surface area contributed by atoms with Crippen molar-refractivity contribution in [2.45, 2.75) is 38.5 Å². The van der Waals surface area contributed by atoms with Gasteiger partial charge in [0, 0.05) is 11.8 Å². The maximum absolute atomic E-state index is 5.24. The molecule has 1 heterocycles. The van der Waals surface area contributed by atoms with E-state index in [-0.39, 0.29) is 0 Å². The zero-order chi connectivity index (χ0) is 14.4. The third-order valence-corrected chi connectivity index (χ3v) is 5.16. The molecule has 1 unspecified atom stereocenters. The maximum atomic E-state index is 5.24. The highest BCUT2D eigenvalue weighted by Gasteiger charge is 2.25. The topological polar surface area (TPSA) is 33.6 Å². The Labute approximate surface area is 126 Å². The number of thioether (sulfide) groups is 1. The van der Waals surface area contributed by atoms with E-state index in [4.69, 9.17) is 4.74 Å². The quantitative estimate of drug-likeness (QED) is 0.868. The first-order valence-corrected chi connectivity index (χ1v) is 8.22. The van der Waals surface area contributed by atoms with Crippen molar-refractivity contribution < 1.29 is 4.74 Å². The molecule has 0 amide bonds. The van der Waals surface area contributed by atoms with Crippen LogP contribution in [0.5, 0.6) is 5.75 Å². The Balaban J connectivity index is 1.83. The fourth-order valence-corrected chi connectivity index (χ4v) is 3.83. The second-order valence-electron chi connectivity index (χ2n) is 5.08. The van der Waals surface area contributed by atoms with Gasteiger partial charge in [0.05, 0.1) is 13.7 Å². The standard InChI is InChI=1S/C16H24N2OS/c1-4-13(5-2)15-11-18-16(20-15)17-10-12-7-6-8-14(9-12)19-3/h6-9,13,15H,4-5,10-11H2,1-3H3,(H,17,18). The minimum Gasteiger partial charge on any atom is -0.497 e. The van der Waals surface area contributed by atoms with Crippen molar-refractivity contribution in [1.82, 2.24) is 5.32 Å². The van der Waals surface area contributed by atoms with E-state index in [1.54, 1.807) is 7.11 Å². The summed E-state index contributed by atoms with van der Waals surface area (Å²) in [6.07, 6.45) is 2.49. The van der Waals surface area contributed by atoms with Crippen LogP contribution in [-0.2, 0) is 6.54 Å². The van der Waals surface area contributed by atoms with E-state index in [9.17, 15) is 0 Å². The number of aliphatic imine (C=N–C) groups is 1. The third-order valence-electron chi connectivity index (χ3n) is 3.83. The van der Waals surface area contributed by atoms with E-state index in [1.165, 1.54) is 18.4 Å². The maximum Gasteiger partial charge on any atom is 0.157 e. The number of methoxy groups -OCH3 is 1. The zero-order valence-electron chi connectivity index (χ0n) is 12.6. The smallest absolute Gasteiger partial charge is 0.157 e. The van der Waals surface area contributed by atoms with Crippen LogP contribution < -0.4 is 10.1 Å². The number of nitrogens with one attached hydrogen (secondary N) is 1. The van der Waals surface area contributed by atoms with Crippen LogP contribution in [0.25, 0.3) is 0 Å². The summed E-state index contributed by atoms with van der Waals surface area (Å²) in [6.45, 7) is 6.31. The first-order chi connectivity index (χ1) is 9.76. The van der Waals surface area contributed by atoms with E-state index in [0.29, 0.717) is 5.25 Å². The predicted octanol–water partition coefficient (Wildman–Crippen LogP) is 3.69. The van der Waals surface area contributed by atoms with Gasteiger partial charge in [-0.1, -0.05) is 50.6 Å². The Morgan fingerprint density at radius 2 is 2.20 bits per heavy atom. The van der Waals surface area contributed by atoms with Crippen LogP contribution in [-0.4, -0.2) is 24.1 Å². The summed E-state index contributed by atoms with van der Waals surface area (Å²) in [4.78, 5) is 4.63. The van der Waals surface area contributed by atoms with Gasteiger partial charge >= 0.3 is 0 Å². The molecule has 0 fully saturated rings. The van der Waals surface area contributed by atoms with Crippen molar-refractivity contribution in [1.29, 1.82) is 0 Å². The van der Waals surface area contributed by atoms with Crippen LogP contribution in [0.1, 0.15) is 32.3 Å². The Morgan fingerprint density at radius 3 is 2.90 bits per heavy atom. The average Bonchev–Trinajstić information content (AvgIpc) is 2.95. The van der Waals surface area contributed by atoms with E-state index in [1.807, 2.05) is 23.9 Å². The number of rotatable bonds is 6. The van der Waals surface area contributed by atoms with E-state index >= 15 is 0 Å². The molecule has 1 aliphatic heterocycles. The summed E-state index contributed by atoms with van der Waals surface area (Å²) < 4.78 is 5.24. The third kappa shape index (κ3) is 3.92. The fourth-order valence-electron chi connectivity index (χ4n) is 2.51. The van der Waals surface area contributed by atoms with Gasteiger partial charge < -0.3 is 10.1 Å². The first-order valence-electron chi connectivity index (χ1n) is 7.34. The summed E-state index contributed by atoms with van der Waals surface area (Å²) in [5, 5.41) is 5.18. The summed E-state index contributed by atoms with van der Waals surface area (Å²) in [5.74, 6) is 1.68. The van der Waals surface area contributed by atoms with Gasteiger partial charge in [0.2, 0.25) is 0 Å². The Morgan fingerprint density at radius 1 is 1.40 bits per heavy atom. The largest absolute Gasteiger partial charge is 0.497 e. The highest BCUT2D eigenvalue weighted by molar-refractivity contribution is 8.14. The molecule has 1 aliphatic rings. The molecule has 0 aromatic heterocycles. The van der Waals surface area contributed by atoms with Gasteiger partial charge in [-0.25, -0.2) is 0 Å². The summed E-state index contributed by atoms with van der Waals surface area (Å²) in [7, 11) is 1.70. The molecule has 110 valence electrons. The van der Waals surface area contributed by atoms with Gasteiger partial charge in [-0.15, -0.1) is 0 Å². The van der Waals surface area contributed by atoms with Gasteiger partial charge in [-0.05, 0) is 23.6 Å². The van der Waals surface area contributed by atoms with Gasteiger partial charge in [0.25, 0.3) is 0 Å². The lowest BCUT2D eigenvalue weighted by molar-refractivity contribution is 0.414. The zero-order valence-corrected chi connectivity index (χ0v) is 13.4. The predicted molar refractivity (Wildman–Crippen MR) is 87.6 cm³/mol. The van der Waals surface area contributed by atoms with Crippen LogP contribution in [0.4, 0.5) is 0 Å². The Kier molecular flexibility index (Phi) is 5.77.